The predicted octanol–water partition coefficient (Wildman–Crippen LogP) is 5.79. The molecule has 0 spiro atoms. The van der Waals surface area contributed by atoms with E-state index in [1.54, 1.807) is 7.11 Å². The fraction of sp³-hybridized carbons (Fsp3) is 0.500. The van der Waals surface area contributed by atoms with Crippen LogP contribution in [0.5, 0.6) is 5.75 Å². The van der Waals surface area contributed by atoms with Crippen LogP contribution < -0.4 is 4.74 Å². The lowest BCUT2D eigenvalue weighted by atomic mass is 9.57. The minimum absolute atomic E-state index is 0.0569. The largest absolute Gasteiger partial charge is 0.497 e. The molecule has 0 N–H and O–H groups in total. The van der Waals surface area contributed by atoms with Crippen molar-refractivity contribution in [1.29, 1.82) is 0 Å². The Morgan fingerprint density at radius 2 is 2.00 bits per heavy atom. The second-order valence-corrected chi connectivity index (χ2v) is 10.5. The van der Waals surface area contributed by atoms with Crippen molar-refractivity contribution < 1.29 is 9.53 Å². The van der Waals surface area contributed by atoms with Crippen LogP contribution in [0.15, 0.2) is 67.3 Å². The maximum atomic E-state index is 13.7. The fourth-order valence-electron chi connectivity index (χ4n) is 6.27. The molecular formula is C30H40N2O2. The molecule has 4 rings (SSSR count). The number of amides is 1. The van der Waals surface area contributed by atoms with E-state index in [1.165, 1.54) is 5.56 Å². The molecule has 0 bridgehead atoms. The molecular weight excluding hydrogens is 420 g/mol. The number of carbonyl (C=O) groups excluding carboxylic acids is 1. The molecule has 1 aliphatic carbocycles. The van der Waals surface area contributed by atoms with Gasteiger partial charge in [0, 0.05) is 36.7 Å². The summed E-state index contributed by atoms with van der Waals surface area (Å²) in [5.41, 5.74) is 2.22. The van der Waals surface area contributed by atoms with Crippen molar-refractivity contribution in [3.8, 4) is 5.75 Å². The molecule has 2 aromatic rings. The van der Waals surface area contributed by atoms with Crippen molar-refractivity contribution in [1.82, 2.24) is 9.80 Å². The number of fused-ring (bicyclic) bond motifs is 1. The van der Waals surface area contributed by atoms with E-state index in [1.807, 2.05) is 42.5 Å². The van der Waals surface area contributed by atoms with Crippen LogP contribution in [0.3, 0.4) is 0 Å². The average molecular weight is 461 g/mol. The van der Waals surface area contributed by atoms with Gasteiger partial charge in [0.1, 0.15) is 5.75 Å². The highest BCUT2D eigenvalue weighted by molar-refractivity contribution is 5.94. The van der Waals surface area contributed by atoms with E-state index in [4.69, 9.17) is 4.74 Å². The molecule has 4 heteroatoms. The molecule has 182 valence electrons. The number of benzene rings is 2. The number of ether oxygens (including phenoxy) is 1. The van der Waals surface area contributed by atoms with Crippen molar-refractivity contribution in [2.45, 2.75) is 51.0 Å². The lowest BCUT2D eigenvalue weighted by Crippen LogP contribution is -2.57. The van der Waals surface area contributed by atoms with Gasteiger partial charge in [-0.3, -0.25) is 9.69 Å². The average Bonchev–Trinajstić information content (AvgIpc) is 2.87. The highest BCUT2D eigenvalue weighted by Crippen LogP contribution is 2.50. The zero-order chi connectivity index (χ0) is 24.1. The third-order valence-corrected chi connectivity index (χ3v) is 7.90. The minimum Gasteiger partial charge on any atom is -0.497 e. The van der Waals surface area contributed by atoms with Crippen molar-refractivity contribution in [2.75, 3.05) is 33.3 Å². The minimum atomic E-state index is 0.0569. The summed E-state index contributed by atoms with van der Waals surface area (Å²) < 4.78 is 5.62. The van der Waals surface area contributed by atoms with Gasteiger partial charge in [-0.25, -0.2) is 0 Å². The van der Waals surface area contributed by atoms with Gasteiger partial charge in [-0.15, -0.1) is 6.58 Å². The number of piperidine rings is 1. The number of hydrogen-bond donors (Lipinski definition) is 0. The highest BCUT2D eigenvalue weighted by atomic mass is 16.5. The zero-order valence-electron chi connectivity index (χ0n) is 21.1. The molecule has 1 saturated carbocycles. The van der Waals surface area contributed by atoms with Gasteiger partial charge in [-0.2, -0.15) is 0 Å². The first kappa shape index (κ1) is 24.5. The molecule has 0 radical (unpaired) electrons. The van der Waals surface area contributed by atoms with E-state index in [0.717, 1.165) is 63.2 Å². The molecule has 2 fully saturated rings. The Hall–Kier alpha value is -2.59. The van der Waals surface area contributed by atoms with Crippen molar-refractivity contribution in [2.24, 2.45) is 11.8 Å². The molecule has 1 heterocycles. The summed E-state index contributed by atoms with van der Waals surface area (Å²) in [7, 11) is 1.74. The first-order valence-electron chi connectivity index (χ1n) is 12.8. The van der Waals surface area contributed by atoms with Crippen molar-refractivity contribution in [3.63, 3.8) is 0 Å². The Bertz CT molecular complexity index is 973. The Morgan fingerprint density at radius 3 is 2.71 bits per heavy atom. The summed E-state index contributed by atoms with van der Waals surface area (Å²) in [5.74, 6) is 2.08. The second-order valence-electron chi connectivity index (χ2n) is 10.5. The van der Waals surface area contributed by atoms with E-state index >= 15 is 0 Å². The molecule has 3 atom stereocenters. The molecule has 2 aromatic carbocycles. The van der Waals surface area contributed by atoms with Gasteiger partial charge in [-0.05, 0) is 73.9 Å². The Kier molecular flexibility index (Phi) is 7.77. The lowest BCUT2D eigenvalue weighted by Gasteiger charge is -2.54. The van der Waals surface area contributed by atoms with Crippen LogP contribution in [0, 0.1) is 11.8 Å². The summed E-state index contributed by atoms with van der Waals surface area (Å²) in [5, 5.41) is 0. The molecule has 34 heavy (non-hydrogen) atoms. The Balaban J connectivity index is 1.69. The number of rotatable bonds is 8. The van der Waals surface area contributed by atoms with Crippen LogP contribution >= 0.6 is 0 Å². The molecule has 2 aliphatic rings. The monoisotopic (exact) mass is 460 g/mol. The van der Waals surface area contributed by atoms with Gasteiger partial charge < -0.3 is 9.64 Å². The summed E-state index contributed by atoms with van der Waals surface area (Å²) >= 11 is 0. The van der Waals surface area contributed by atoms with Crippen LogP contribution in [-0.4, -0.2) is 55.0 Å². The van der Waals surface area contributed by atoms with E-state index in [2.05, 4.69) is 48.4 Å². The maximum Gasteiger partial charge on any atom is 0.254 e. The quantitative estimate of drug-likeness (QED) is 0.467. The first-order valence-corrected chi connectivity index (χ1v) is 12.8. The standard InChI is InChI=1S/C30H40N2O2/c1-5-17-31-18-16-30(25-12-9-13-28(19-25)34-4)20-27(15-14-26(30)22-31)32(21-23(2)3)29(33)24-10-7-6-8-11-24/h5-13,19,23,26-27H,1,14-18,20-22H2,2-4H3. The van der Waals surface area contributed by atoms with Crippen LogP contribution in [0.4, 0.5) is 0 Å². The van der Waals surface area contributed by atoms with Gasteiger partial charge >= 0.3 is 0 Å². The smallest absolute Gasteiger partial charge is 0.254 e. The van der Waals surface area contributed by atoms with Gasteiger partial charge in [0.15, 0.2) is 0 Å². The third kappa shape index (κ3) is 5.07. The number of methoxy groups -OCH3 is 1. The summed E-state index contributed by atoms with van der Waals surface area (Å²) in [4.78, 5) is 18.4. The Morgan fingerprint density at radius 1 is 1.21 bits per heavy atom. The fourth-order valence-corrected chi connectivity index (χ4v) is 6.27. The number of hydrogen-bond acceptors (Lipinski definition) is 3. The molecule has 0 aromatic heterocycles. The van der Waals surface area contributed by atoms with Crippen molar-refractivity contribution in [3.05, 3.63) is 78.4 Å². The molecule has 1 saturated heterocycles. The first-order chi connectivity index (χ1) is 16.5. The molecule has 3 unspecified atom stereocenters. The normalized spacial score (nSPS) is 24.9. The highest BCUT2D eigenvalue weighted by Gasteiger charge is 2.49. The SMILES string of the molecule is C=CCN1CCC2(c3cccc(OC)c3)CC(N(CC(C)C)C(=O)c3ccccc3)CCC2C1. The van der Waals surface area contributed by atoms with Gasteiger partial charge in [-0.1, -0.05) is 50.3 Å². The lowest BCUT2D eigenvalue weighted by molar-refractivity contribution is 0.0138. The van der Waals surface area contributed by atoms with Gasteiger partial charge in [0.25, 0.3) is 5.91 Å². The van der Waals surface area contributed by atoms with E-state index in [0.29, 0.717) is 11.8 Å². The zero-order valence-corrected chi connectivity index (χ0v) is 21.1. The third-order valence-electron chi connectivity index (χ3n) is 7.90. The topological polar surface area (TPSA) is 32.8 Å². The molecule has 1 aliphatic heterocycles. The van der Waals surface area contributed by atoms with Crippen LogP contribution in [0.1, 0.15) is 55.5 Å². The van der Waals surface area contributed by atoms with Gasteiger partial charge in [0.05, 0.1) is 7.11 Å². The number of likely N-dealkylation sites (tertiary alicyclic amines) is 1. The van der Waals surface area contributed by atoms with Crippen LogP contribution in [0.2, 0.25) is 0 Å². The van der Waals surface area contributed by atoms with Gasteiger partial charge in [0.2, 0.25) is 0 Å². The number of carbonyl (C=O) groups is 1. The number of nitrogens with zero attached hydrogens (tertiary/aromatic N) is 2. The summed E-state index contributed by atoms with van der Waals surface area (Å²) in [6.07, 6.45) is 6.32. The Labute approximate surface area is 205 Å². The van der Waals surface area contributed by atoms with E-state index in [9.17, 15) is 4.79 Å². The van der Waals surface area contributed by atoms with Crippen LogP contribution in [-0.2, 0) is 5.41 Å². The maximum absolute atomic E-state index is 13.7. The van der Waals surface area contributed by atoms with E-state index in [-0.39, 0.29) is 17.4 Å². The van der Waals surface area contributed by atoms with Crippen molar-refractivity contribution >= 4 is 5.91 Å². The van der Waals surface area contributed by atoms with E-state index < -0.39 is 0 Å². The summed E-state index contributed by atoms with van der Waals surface area (Å²) in [6.45, 7) is 12.3. The molecule has 4 nitrogen and oxygen atoms in total. The molecule has 1 amide bonds. The second kappa shape index (κ2) is 10.8. The predicted molar refractivity (Wildman–Crippen MR) is 139 cm³/mol. The van der Waals surface area contributed by atoms with Crippen LogP contribution in [0.25, 0.3) is 0 Å². The summed E-state index contributed by atoms with van der Waals surface area (Å²) in [6, 6.07) is 18.7.